The van der Waals surface area contributed by atoms with Crippen LogP contribution in [0.1, 0.15) is 34.6 Å². The van der Waals surface area contributed by atoms with Crippen LogP contribution in [0.5, 0.6) is 0 Å². The molecule has 0 bridgehead atoms. The average molecular weight is 224 g/mol. The molecule has 0 fully saturated rings. The summed E-state index contributed by atoms with van der Waals surface area (Å²) >= 11 is 0. The maximum atomic E-state index is 10.8. The van der Waals surface area contributed by atoms with Crippen molar-refractivity contribution in [2.24, 2.45) is 0 Å². The van der Waals surface area contributed by atoms with Crippen molar-refractivity contribution in [3.63, 3.8) is 0 Å². The van der Waals surface area contributed by atoms with Crippen molar-refractivity contribution in [3.8, 4) is 0 Å². The molecule has 0 amide bonds. The number of benzene rings is 1. The Morgan fingerprint density at radius 3 is 2.25 bits per heavy atom. The van der Waals surface area contributed by atoms with E-state index in [1.165, 1.54) is 0 Å². The van der Waals surface area contributed by atoms with Crippen LogP contribution in [0.4, 0.5) is 0 Å². The highest BCUT2D eigenvalue weighted by molar-refractivity contribution is 5.81. The van der Waals surface area contributed by atoms with Gasteiger partial charge in [0, 0.05) is 6.05 Å². The fourth-order valence-electron chi connectivity index (χ4n) is 0.774. The van der Waals surface area contributed by atoms with Gasteiger partial charge in [-0.15, -0.1) is 0 Å². The summed E-state index contributed by atoms with van der Waals surface area (Å²) in [6.07, 6.45) is 0. The predicted octanol–water partition coefficient (Wildman–Crippen LogP) is 3.97. The molecule has 1 aromatic carbocycles. The van der Waals surface area contributed by atoms with Crippen LogP contribution in [0.3, 0.4) is 0 Å². The number of carbonyl (C=O) groups excluding carboxylic acids is 1. The van der Waals surface area contributed by atoms with Crippen molar-refractivity contribution in [2.75, 3.05) is 0 Å². The van der Waals surface area contributed by atoms with Crippen LogP contribution >= 0.6 is 0 Å². The molecule has 0 saturated heterocycles. The Morgan fingerprint density at radius 1 is 1.31 bits per heavy atom. The summed E-state index contributed by atoms with van der Waals surface area (Å²) in [6, 6.07) is 8.97. The van der Waals surface area contributed by atoms with E-state index < -0.39 is 5.97 Å². The second kappa shape index (κ2) is 13.4. The van der Waals surface area contributed by atoms with Crippen molar-refractivity contribution in [3.05, 3.63) is 48.5 Å². The van der Waals surface area contributed by atoms with Gasteiger partial charge >= 0.3 is 5.97 Å². The first kappa shape index (κ1) is 14.4. The summed E-state index contributed by atoms with van der Waals surface area (Å²) in [5.41, 5.74) is 0.900. The minimum absolute atomic E-state index is 0.192. The molecule has 0 atom stereocenters. The zero-order valence-electron chi connectivity index (χ0n) is 11.6. The van der Waals surface area contributed by atoms with Crippen LogP contribution in [0.15, 0.2) is 43.0 Å². The molecule has 16 heavy (non-hydrogen) atoms. The van der Waals surface area contributed by atoms with Crippen molar-refractivity contribution >= 4 is 5.97 Å². The van der Waals surface area contributed by atoms with E-state index in [9.17, 15) is 4.79 Å². The molecule has 0 saturated carbocycles. The smallest absolute Gasteiger partial charge is 0.330 e. The van der Waals surface area contributed by atoms with E-state index in [4.69, 9.17) is 6.11 Å². The topological polar surface area (TPSA) is 26.3 Å². The first-order valence-electron chi connectivity index (χ1n) is 6.06. The van der Waals surface area contributed by atoms with E-state index in [-0.39, 0.29) is 12.7 Å². The van der Waals surface area contributed by atoms with E-state index >= 15 is 0 Å². The summed E-state index contributed by atoms with van der Waals surface area (Å²) in [5.74, 6) is -0.677. The summed E-state index contributed by atoms with van der Waals surface area (Å²) in [4.78, 5) is 10.8. The van der Waals surface area contributed by atoms with Gasteiger partial charge in [-0.1, -0.05) is 64.6 Å². The van der Waals surface area contributed by atoms with E-state index in [2.05, 4.69) is 6.58 Å². The van der Waals surface area contributed by atoms with Crippen LogP contribution < -0.4 is 0 Å². The zero-order chi connectivity index (χ0) is 13.7. The maximum Gasteiger partial charge on any atom is 0.330 e. The number of ether oxygens (including phenoxy) is 1. The van der Waals surface area contributed by atoms with Crippen LogP contribution in [0.25, 0.3) is 0 Å². The van der Waals surface area contributed by atoms with Crippen molar-refractivity contribution in [1.82, 2.24) is 0 Å². The van der Waals surface area contributed by atoms with E-state index in [1.54, 1.807) is 0 Å². The highest BCUT2D eigenvalue weighted by Crippen LogP contribution is 2.00. The average Bonchev–Trinajstić information content (AvgIpc) is 2.41. The third-order valence-corrected chi connectivity index (χ3v) is 1.36. The molecule has 2 nitrogen and oxygen atoms in total. The quantitative estimate of drug-likeness (QED) is 0.573. The molecule has 0 N–H and O–H groups in total. The molecule has 1 rings (SSSR count). The third kappa shape index (κ3) is 9.00. The number of esters is 1. The SMILES string of the molecule is CC.CC.[3H]C(=C)C(=O)OCc1ccccc1. The molecule has 0 aliphatic carbocycles. The lowest BCUT2D eigenvalue weighted by molar-refractivity contribution is -0.138. The highest BCUT2D eigenvalue weighted by atomic mass is 16.5. The van der Waals surface area contributed by atoms with Gasteiger partial charge in [0.2, 0.25) is 0 Å². The third-order valence-electron chi connectivity index (χ3n) is 1.36. The van der Waals surface area contributed by atoms with Gasteiger partial charge in [0.25, 0.3) is 0 Å². The number of hydrogen-bond donors (Lipinski definition) is 0. The number of carbonyl (C=O) groups is 1. The molecule has 1 aromatic rings. The van der Waals surface area contributed by atoms with Gasteiger partial charge in [0.15, 0.2) is 0 Å². The molecule has 0 radical (unpaired) electrons. The molecule has 0 unspecified atom stereocenters. The molecule has 0 heterocycles. The Morgan fingerprint density at radius 2 is 1.81 bits per heavy atom. The lowest BCUT2D eigenvalue weighted by atomic mass is 10.2. The summed E-state index contributed by atoms with van der Waals surface area (Å²) in [7, 11) is 0. The van der Waals surface area contributed by atoms with Gasteiger partial charge in [0.05, 0.1) is 1.37 Å². The molecule has 0 aliphatic heterocycles. The summed E-state index contributed by atoms with van der Waals surface area (Å²) < 4.78 is 11.6. The van der Waals surface area contributed by atoms with Gasteiger partial charge in [-0.2, -0.15) is 0 Å². The van der Waals surface area contributed by atoms with Gasteiger partial charge in [-0.05, 0) is 5.56 Å². The van der Waals surface area contributed by atoms with Crippen LogP contribution in [0.2, 0.25) is 0 Å². The minimum atomic E-state index is -0.677. The fourth-order valence-corrected chi connectivity index (χ4v) is 0.774. The molecule has 2 heteroatoms. The van der Waals surface area contributed by atoms with E-state index in [1.807, 2.05) is 58.0 Å². The molecule has 90 valence electrons. The van der Waals surface area contributed by atoms with Gasteiger partial charge < -0.3 is 4.74 Å². The first-order chi connectivity index (χ1) is 8.20. The highest BCUT2D eigenvalue weighted by Gasteiger charge is 1.95. The number of hydrogen-bond acceptors (Lipinski definition) is 2. The largest absolute Gasteiger partial charge is 0.458 e. The standard InChI is InChI=1S/C10H10O2.2C2H6/c1-2-10(11)12-8-9-6-4-3-5-7-9;2*1-2/h2-7H,1,8H2;2*1-2H3/i2T;;. The van der Waals surface area contributed by atoms with E-state index in [0.29, 0.717) is 0 Å². The Kier molecular flexibility index (Phi) is 12.1. The van der Waals surface area contributed by atoms with Crippen LogP contribution in [-0.4, -0.2) is 5.97 Å². The molecule has 0 spiro atoms. The molecular weight excluding hydrogens is 200 g/mol. The second-order valence-corrected chi connectivity index (χ2v) is 2.24. The Balaban J connectivity index is 0. The maximum absolute atomic E-state index is 10.8. The van der Waals surface area contributed by atoms with Gasteiger partial charge in [-0.3, -0.25) is 0 Å². The minimum Gasteiger partial charge on any atom is -0.458 e. The number of rotatable bonds is 3. The van der Waals surface area contributed by atoms with E-state index in [0.717, 1.165) is 5.56 Å². The summed E-state index contributed by atoms with van der Waals surface area (Å²) in [6.45, 7) is 11.4. The first-order valence-corrected chi connectivity index (χ1v) is 5.56. The lowest BCUT2D eigenvalue weighted by Gasteiger charge is -2.00. The second-order valence-electron chi connectivity index (χ2n) is 2.24. The Bertz CT molecular complexity index is 307. The summed E-state index contributed by atoms with van der Waals surface area (Å²) in [5, 5.41) is 0. The Hall–Kier alpha value is -1.57. The predicted molar refractivity (Wildman–Crippen MR) is 69.1 cm³/mol. The van der Waals surface area contributed by atoms with Crippen molar-refractivity contribution < 1.29 is 10.9 Å². The zero-order valence-corrected chi connectivity index (χ0v) is 10.6. The van der Waals surface area contributed by atoms with Crippen molar-refractivity contribution in [2.45, 2.75) is 34.3 Å². The van der Waals surface area contributed by atoms with Crippen LogP contribution in [0, 0.1) is 0 Å². The van der Waals surface area contributed by atoms with Gasteiger partial charge in [-0.25, -0.2) is 4.79 Å². The molecular formula is C14H22O2. The fraction of sp³-hybridized carbons (Fsp3) is 0.357. The van der Waals surface area contributed by atoms with Crippen LogP contribution in [-0.2, 0) is 16.1 Å². The molecule has 0 aliphatic rings. The van der Waals surface area contributed by atoms with Gasteiger partial charge in [0.1, 0.15) is 6.61 Å². The molecule has 0 aromatic heterocycles. The lowest BCUT2D eigenvalue weighted by Crippen LogP contribution is -1.99. The monoisotopic (exact) mass is 224 g/mol. The van der Waals surface area contributed by atoms with Crippen molar-refractivity contribution in [1.29, 1.82) is 0 Å². The normalized spacial score (nSPS) is 8.38. The Labute approximate surface area is 100 Å².